The maximum atomic E-state index is 11.6. The molecule has 1 saturated carbocycles. The monoisotopic (exact) mass is 265 g/mol. The highest BCUT2D eigenvalue weighted by Gasteiger charge is 2.24. The predicted molar refractivity (Wildman–Crippen MR) is 74.1 cm³/mol. The van der Waals surface area contributed by atoms with Gasteiger partial charge in [-0.25, -0.2) is 9.78 Å². The molecule has 19 heavy (non-hydrogen) atoms. The lowest BCUT2D eigenvalue weighted by Crippen LogP contribution is -2.15. The van der Waals surface area contributed by atoms with Gasteiger partial charge in [0.15, 0.2) is 5.69 Å². The van der Waals surface area contributed by atoms with E-state index in [1.54, 1.807) is 0 Å². The minimum atomic E-state index is -0.454. The van der Waals surface area contributed by atoms with Crippen LogP contribution in [0.4, 0.5) is 5.82 Å². The average Bonchev–Trinajstić information content (AvgIpc) is 2.65. The lowest BCUT2D eigenvalue weighted by Gasteiger charge is -2.23. The van der Waals surface area contributed by atoms with Gasteiger partial charge in [-0.1, -0.05) is 32.1 Å². The van der Waals surface area contributed by atoms with Crippen LogP contribution in [0.25, 0.3) is 0 Å². The first-order valence-electron chi connectivity index (χ1n) is 7.07. The molecule has 1 heterocycles. The number of hydrogen-bond donors (Lipinski definition) is 1. The molecule has 1 aliphatic rings. The molecular formula is C14H23N3O2. The first-order chi connectivity index (χ1) is 9.15. The van der Waals surface area contributed by atoms with Crippen LogP contribution in [0.2, 0.25) is 0 Å². The zero-order chi connectivity index (χ0) is 13.8. The number of carbonyl (C=O) groups is 1. The third-order valence-corrected chi connectivity index (χ3v) is 3.94. The standard InChI is InChI=1S/C14H23N3O2/c1-10-16-12(14(18)19-2)13(15)17(10)11-8-6-4-3-5-7-9-11/h11H,3-9,15H2,1-2H3. The van der Waals surface area contributed by atoms with Crippen molar-refractivity contribution in [3.8, 4) is 0 Å². The van der Waals surface area contributed by atoms with Gasteiger partial charge < -0.3 is 15.0 Å². The number of nitrogens with zero attached hydrogens (tertiary/aromatic N) is 2. The minimum absolute atomic E-state index is 0.252. The molecule has 2 N–H and O–H groups in total. The summed E-state index contributed by atoms with van der Waals surface area (Å²) in [6, 6.07) is 0.367. The van der Waals surface area contributed by atoms with E-state index in [0.717, 1.165) is 18.7 Å². The summed E-state index contributed by atoms with van der Waals surface area (Å²) in [6.45, 7) is 1.90. The molecule has 0 radical (unpaired) electrons. The number of esters is 1. The largest absolute Gasteiger partial charge is 0.464 e. The van der Waals surface area contributed by atoms with E-state index in [0.29, 0.717) is 11.9 Å². The van der Waals surface area contributed by atoms with Crippen molar-refractivity contribution in [3.05, 3.63) is 11.5 Å². The number of methoxy groups -OCH3 is 1. The molecule has 2 rings (SSSR count). The Balaban J connectivity index is 2.27. The van der Waals surface area contributed by atoms with E-state index >= 15 is 0 Å². The number of rotatable bonds is 2. The maximum absolute atomic E-state index is 11.6. The molecule has 106 valence electrons. The number of carbonyl (C=O) groups excluding carboxylic acids is 1. The van der Waals surface area contributed by atoms with Gasteiger partial charge in [0.2, 0.25) is 0 Å². The first kappa shape index (κ1) is 13.9. The minimum Gasteiger partial charge on any atom is -0.464 e. The fraction of sp³-hybridized carbons (Fsp3) is 0.714. The normalized spacial score (nSPS) is 17.8. The quantitative estimate of drug-likeness (QED) is 0.835. The van der Waals surface area contributed by atoms with Crippen molar-refractivity contribution in [2.45, 2.75) is 57.9 Å². The highest BCUT2D eigenvalue weighted by atomic mass is 16.5. The van der Waals surface area contributed by atoms with E-state index in [9.17, 15) is 4.79 Å². The Morgan fingerprint density at radius 3 is 2.42 bits per heavy atom. The molecule has 0 amide bonds. The number of nitrogen functional groups attached to an aromatic ring is 1. The van der Waals surface area contributed by atoms with Crippen LogP contribution in [0.5, 0.6) is 0 Å². The number of imidazole rings is 1. The van der Waals surface area contributed by atoms with Crippen LogP contribution in [-0.4, -0.2) is 22.6 Å². The molecule has 1 fully saturated rings. The summed E-state index contributed by atoms with van der Waals surface area (Å²) < 4.78 is 6.75. The molecule has 0 bridgehead atoms. The SMILES string of the molecule is COC(=O)c1nc(C)n(C2CCCCCCC2)c1N. The van der Waals surface area contributed by atoms with E-state index < -0.39 is 5.97 Å². The smallest absolute Gasteiger partial charge is 0.360 e. The predicted octanol–water partition coefficient (Wildman–Crippen LogP) is 2.85. The van der Waals surface area contributed by atoms with Crippen molar-refractivity contribution in [1.82, 2.24) is 9.55 Å². The molecule has 0 saturated heterocycles. The van der Waals surface area contributed by atoms with Gasteiger partial charge in [0.1, 0.15) is 11.6 Å². The highest BCUT2D eigenvalue weighted by Crippen LogP contribution is 2.31. The van der Waals surface area contributed by atoms with Crippen molar-refractivity contribution >= 4 is 11.8 Å². The zero-order valence-electron chi connectivity index (χ0n) is 11.8. The summed E-state index contributed by atoms with van der Waals surface area (Å²) in [6.07, 6.45) is 8.56. The van der Waals surface area contributed by atoms with Gasteiger partial charge in [-0.2, -0.15) is 0 Å². The van der Waals surface area contributed by atoms with Crippen molar-refractivity contribution in [1.29, 1.82) is 0 Å². The molecule has 5 heteroatoms. The second-order valence-corrected chi connectivity index (χ2v) is 5.25. The molecule has 1 aliphatic carbocycles. The van der Waals surface area contributed by atoms with Crippen LogP contribution in [0.15, 0.2) is 0 Å². The van der Waals surface area contributed by atoms with Crippen LogP contribution < -0.4 is 5.73 Å². The summed E-state index contributed by atoms with van der Waals surface area (Å²) in [4.78, 5) is 15.9. The molecule has 0 aliphatic heterocycles. The van der Waals surface area contributed by atoms with Crippen molar-refractivity contribution in [2.75, 3.05) is 12.8 Å². The van der Waals surface area contributed by atoms with Gasteiger partial charge in [0.25, 0.3) is 0 Å². The van der Waals surface area contributed by atoms with E-state index in [-0.39, 0.29) is 5.69 Å². The molecule has 1 aromatic rings. The molecule has 0 unspecified atom stereocenters. The van der Waals surface area contributed by atoms with Gasteiger partial charge in [0, 0.05) is 6.04 Å². The lowest BCUT2D eigenvalue weighted by molar-refractivity contribution is 0.0595. The van der Waals surface area contributed by atoms with Crippen molar-refractivity contribution in [3.63, 3.8) is 0 Å². The van der Waals surface area contributed by atoms with Crippen LogP contribution >= 0.6 is 0 Å². The van der Waals surface area contributed by atoms with E-state index in [1.807, 2.05) is 11.5 Å². The first-order valence-corrected chi connectivity index (χ1v) is 7.07. The summed E-state index contributed by atoms with van der Waals surface area (Å²) in [7, 11) is 1.35. The van der Waals surface area contributed by atoms with E-state index in [1.165, 1.54) is 39.2 Å². The summed E-state index contributed by atoms with van der Waals surface area (Å²) in [5.41, 5.74) is 6.35. The highest BCUT2D eigenvalue weighted by molar-refractivity contribution is 5.92. The Kier molecular flexibility index (Phi) is 4.45. The van der Waals surface area contributed by atoms with Crippen LogP contribution in [0.1, 0.15) is 67.3 Å². The van der Waals surface area contributed by atoms with Crippen LogP contribution in [-0.2, 0) is 4.74 Å². The fourth-order valence-corrected chi connectivity index (χ4v) is 2.96. The van der Waals surface area contributed by atoms with Crippen molar-refractivity contribution < 1.29 is 9.53 Å². The van der Waals surface area contributed by atoms with Crippen LogP contribution in [0, 0.1) is 6.92 Å². The summed E-state index contributed by atoms with van der Waals surface area (Å²) in [5.74, 6) is 0.809. The van der Waals surface area contributed by atoms with Crippen LogP contribution in [0.3, 0.4) is 0 Å². The zero-order valence-corrected chi connectivity index (χ0v) is 11.8. The molecule has 0 spiro atoms. The third-order valence-electron chi connectivity index (χ3n) is 3.94. The Labute approximate surface area is 114 Å². The number of aryl methyl sites for hydroxylation is 1. The molecule has 0 aromatic carbocycles. The molecule has 0 atom stereocenters. The topological polar surface area (TPSA) is 70.1 Å². The number of ether oxygens (including phenoxy) is 1. The molecule has 5 nitrogen and oxygen atoms in total. The fourth-order valence-electron chi connectivity index (χ4n) is 2.96. The van der Waals surface area contributed by atoms with Gasteiger partial charge in [-0.3, -0.25) is 0 Å². The summed E-state index contributed by atoms with van der Waals surface area (Å²) >= 11 is 0. The van der Waals surface area contributed by atoms with Crippen molar-refractivity contribution in [2.24, 2.45) is 0 Å². The second-order valence-electron chi connectivity index (χ2n) is 5.25. The van der Waals surface area contributed by atoms with Gasteiger partial charge in [-0.05, 0) is 19.8 Å². The lowest BCUT2D eigenvalue weighted by atomic mass is 9.96. The molecular weight excluding hydrogens is 242 g/mol. The van der Waals surface area contributed by atoms with Gasteiger partial charge in [0.05, 0.1) is 7.11 Å². The third kappa shape index (κ3) is 2.91. The number of anilines is 1. The Morgan fingerprint density at radius 1 is 1.26 bits per heavy atom. The number of nitrogens with two attached hydrogens (primary N) is 1. The number of hydrogen-bond acceptors (Lipinski definition) is 4. The molecule has 1 aromatic heterocycles. The summed E-state index contributed by atoms with van der Waals surface area (Å²) in [5, 5.41) is 0. The second kappa shape index (κ2) is 6.08. The van der Waals surface area contributed by atoms with Gasteiger partial charge >= 0.3 is 5.97 Å². The number of aromatic nitrogens is 2. The Morgan fingerprint density at radius 2 is 1.84 bits per heavy atom. The maximum Gasteiger partial charge on any atom is 0.360 e. The van der Waals surface area contributed by atoms with Gasteiger partial charge in [-0.15, -0.1) is 0 Å². The average molecular weight is 265 g/mol. The van der Waals surface area contributed by atoms with E-state index in [4.69, 9.17) is 10.5 Å². The van der Waals surface area contributed by atoms with E-state index in [2.05, 4.69) is 4.98 Å². The Bertz CT molecular complexity index is 446. The Hall–Kier alpha value is -1.52.